The Kier molecular flexibility index (Phi) is 5.43. The van der Waals surface area contributed by atoms with E-state index in [0.717, 1.165) is 11.8 Å². The Morgan fingerprint density at radius 2 is 2.00 bits per heavy atom. The number of carbonyl (C=O) groups excluding carboxylic acids is 1. The summed E-state index contributed by atoms with van der Waals surface area (Å²) in [6.45, 7) is 4.00. The third kappa shape index (κ3) is 3.17. The normalized spacial score (nSPS) is 10.6. The number of benzene rings is 1. The SMILES string of the molecule is CC.CN/C(C=O)=C/c1csc2ccccc12. The fourth-order valence-corrected chi connectivity index (χ4v) is 2.36. The number of rotatable bonds is 3. The molecule has 17 heavy (non-hydrogen) atoms. The molecule has 0 saturated carbocycles. The van der Waals surface area contributed by atoms with Crippen molar-refractivity contribution in [2.45, 2.75) is 13.8 Å². The molecular weight excluding hydrogens is 230 g/mol. The number of aldehydes is 1. The average Bonchev–Trinajstić information content (AvgIpc) is 2.81. The molecule has 1 aromatic heterocycles. The highest BCUT2D eigenvalue weighted by Gasteiger charge is 2.01. The summed E-state index contributed by atoms with van der Waals surface area (Å²) in [5.41, 5.74) is 1.69. The van der Waals surface area contributed by atoms with Crippen LogP contribution >= 0.6 is 11.3 Å². The van der Waals surface area contributed by atoms with Crippen LogP contribution in [0, 0.1) is 0 Å². The molecule has 0 spiro atoms. The Bertz CT molecular complexity index is 514. The van der Waals surface area contributed by atoms with Crippen molar-refractivity contribution >= 4 is 33.8 Å². The fourth-order valence-electron chi connectivity index (χ4n) is 1.44. The van der Waals surface area contributed by atoms with Gasteiger partial charge >= 0.3 is 0 Å². The number of nitrogens with one attached hydrogen (secondary N) is 1. The molecule has 1 N–H and O–H groups in total. The first-order chi connectivity index (χ1) is 8.35. The molecule has 0 aliphatic rings. The monoisotopic (exact) mass is 247 g/mol. The quantitative estimate of drug-likeness (QED) is 0.662. The predicted octanol–water partition coefficient (Wildman–Crippen LogP) is 3.69. The summed E-state index contributed by atoms with van der Waals surface area (Å²) in [6, 6.07) is 8.17. The van der Waals surface area contributed by atoms with Gasteiger partial charge in [0.15, 0.2) is 6.29 Å². The first-order valence-corrected chi connectivity index (χ1v) is 6.54. The third-order valence-electron chi connectivity index (χ3n) is 2.24. The van der Waals surface area contributed by atoms with E-state index >= 15 is 0 Å². The molecule has 1 heterocycles. The summed E-state index contributed by atoms with van der Waals surface area (Å²) in [5.74, 6) is 0. The average molecular weight is 247 g/mol. The van der Waals surface area contributed by atoms with E-state index < -0.39 is 0 Å². The molecule has 2 nitrogen and oxygen atoms in total. The lowest BCUT2D eigenvalue weighted by molar-refractivity contribution is -0.105. The molecule has 0 bridgehead atoms. The van der Waals surface area contributed by atoms with Crippen molar-refractivity contribution in [1.29, 1.82) is 0 Å². The minimum atomic E-state index is 0.596. The molecule has 0 saturated heterocycles. The van der Waals surface area contributed by atoms with Gasteiger partial charge in [0.25, 0.3) is 0 Å². The Hall–Kier alpha value is -1.61. The van der Waals surface area contributed by atoms with Gasteiger partial charge in [-0.1, -0.05) is 32.0 Å². The molecule has 0 amide bonds. The van der Waals surface area contributed by atoms with Gasteiger partial charge < -0.3 is 5.32 Å². The van der Waals surface area contributed by atoms with Gasteiger partial charge in [0.1, 0.15) is 0 Å². The second-order valence-electron chi connectivity index (χ2n) is 3.15. The lowest BCUT2D eigenvalue weighted by Gasteiger charge is -1.96. The van der Waals surface area contributed by atoms with Crippen molar-refractivity contribution in [2.24, 2.45) is 0 Å². The Balaban J connectivity index is 0.000000686. The highest BCUT2D eigenvalue weighted by Crippen LogP contribution is 2.26. The number of fused-ring (bicyclic) bond motifs is 1. The van der Waals surface area contributed by atoms with Crippen molar-refractivity contribution in [2.75, 3.05) is 7.05 Å². The van der Waals surface area contributed by atoms with E-state index in [1.165, 1.54) is 10.1 Å². The number of hydrogen-bond donors (Lipinski definition) is 1. The zero-order chi connectivity index (χ0) is 12.7. The van der Waals surface area contributed by atoms with E-state index in [-0.39, 0.29) is 0 Å². The maximum Gasteiger partial charge on any atom is 0.165 e. The molecule has 0 aliphatic carbocycles. The molecule has 0 aliphatic heterocycles. The van der Waals surface area contributed by atoms with E-state index in [1.54, 1.807) is 18.4 Å². The topological polar surface area (TPSA) is 29.1 Å². The van der Waals surface area contributed by atoms with Gasteiger partial charge in [-0.05, 0) is 28.5 Å². The van der Waals surface area contributed by atoms with Gasteiger partial charge in [-0.15, -0.1) is 11.3 Å². The molecule has 0 radical (unpaired) electrons. The number of thiophene rings is 1. The van der Waals surface area contributed by atoms with Gasteiger partial charge in [0.05, 0.1) is 5.70 Å². The second-order valence-corrected chi connectivity index (χ2v) is 4.07. The predicted molar refractivity (Wildman–Crippen MR) is 76.3 cm³/mol. The number of carbonyl (C=O) groups is 1. The summed E-state index contributed by atoms with van der Waals surface area (Å²) < 4.78 is 1.24. The van der Waals surface area contributed by atoms with Crippen molar-refractivity contribution in [1.82, 2.24) is 5.32 Å². The molecule has 2 rings (SSSR count). The van der Waals surface area contributed by atoms with Crippen LogP contribution in [0.2, 0.25) is 0 Å². The first-order valence-electron chi connectivity index (χ1n) is 5.66. The molecule has 1 aromatic carbocycles. The Morgan fingerprint density at radius 1 is 1.29 bits per heavy atom. The molecule has 90 valence electrons. The molecule has 3 heteroatoms. The van der Waals surface area contributed by atoms with Crippen LogP contribution < -0.4 is 5.32 Å². The third-order valence-corrected chi connectivity index (χ3v) is 3.22. The van der Waals surface area contributed by atoms with Crippen LogP contribution in [-0.4, -0.2) is 13.3 Å². The van der Waals surface area contributed by atoms with Crippen molar-refractivity contribution in [3.8, 4) is 0 Å². The molecule has 0 atom stereocenters. The minimum Gasteiger partial charge on any atom is -0.385 e. The van der Waals surface area contributed by atoms with Crippen LogP contribution in [0.4, 0.5) is 0 Å². The highest BCUT2D eigenvalue weighted by molar-refractivity contribution is 7.17. The molecule has 0 unspecified atom stereocenters. The second kappa shape index (κ2) is 6.86. The van der Waals surface area contributed by atoms with Crippen molar-refractivity contribution in [3.63, 3.8) is 0 Å². The smallest absolute Gasteiger partial charge is 0.165 e. The van der Waals surface area contributed by atoms with Crippen LogP contribution in [-0.2, 0) is 4.79 Å². The maximum absolute atomic E-state index is 10.7. The van der Waals surface area contributed by atoms with Crippen LogP contribution in [0.3, 0.4) is 0 Å². The Labute approximate surface area is 106 Å². The summed E-state index contributed by atoms with van der Waals surface area (Å²) in [7, 11) is 1.74. The van der Waals surface area contributed by atoms with Crippen molar-refractivity contribution < 1.29 is 4.79 Å². The van der Waals surface area contributed by atoms with Gasteiger partial charge in [-0.2, -0.15) is 0 Å². The van der Waals surface area contributed by atoms with Gasteiger partial charge in [0, 0.05) is 11.7 Å². The van der Waals surface area contributed by atoms with Crippen molar-refractivity contribution in [3.05, 3.63) is 40.9 Å². The molecule has 0 fully saturated rings. The van der Waals surface area contributed by atoms with Crippen LogP contribution in [0.25, 0.3) is 16.2 Å². The number of allylic oxidation sites excluding steroid dienone is 1. The summed E-state index contributed by atoms with van der Waals surface area (Å²) >= 11 is 1.69. The molecular formula is C14H17NOS. The van der Waals surface area contributed by atoms with Gasteiger partial charge in [-0.25, -0.2) is 0 Å². The van der Waals surface area contributed by atoms with E-state index in [2.05, 4.69) is 22.8 Å². The largest absolute Gasteiger partial charge is 0.385 e. The van der Waals surface area contributed by atoms with E-state index in [9.17, 15) is 4.79 Å². The van der Waals surface area contributed by atoms with Gasteiger partial charge in [-0.3, -0.25) is 4.79 Å². The zero-order valence-electron chi connectivity index (χ0n) is 10.4. The fraction of sp³-hybridized carbons (Fsp3) is 0.214. The number of likely N-dealkylation sites (N-methyl/N-ethyl adjacent to an activating group) is 1. The maximum atomic E-state index is 10.7. The minimum absolute atomic E-state index is 0.596. The summed E-state index contributed by atoms with van der Waals surface area (Å²) in [5, 5.41) is 6.11. The van der Waals surface area contributed by atoms with E-state index in [4.69, 9.17) is 0 Å². The Morgan fingerprint density at radius 3 is 2.65 bits per heavy atom. The lowest BCUT2D eigenvalue weighted by Crippen LogP contribution is -2.05. The van der Waals surface area contributed by atoms with E-state index in [1.807, 2.05) is 32.1 Å². The zero-order valence-corrected chi connectivity index (χ0v) is 11.2. The van der Waals surface area contributed by atoms with Crippen LogP contribution in [0.5, 0.6) is 0 Å². The highest BCUT2D eigenvalue weighted by atomic mass is 32.1. The van der Waals surface area contributed by atoms with Crippen LogP contribution in [0.15, 0.2) is 35.3 Å². The standard InChI is InChI=1S/C12H11NOS.C2H6/c1-13-10(7-14)6-9-8-15-12-5-3-2-4-11(9)12;1-2/h2-8,13H,1H3;1-2H3/b10-6+;. The summed E-state index contributed by atoms with van der Waals surface area (Å²) in [6.07, 6.45) is 2.69. The van der Waals surface area contributed by atoms with E-state index in [0.29, 0.717) is 5.70 Å². The van der Waals surface area contributed by atoms with Gasteiger partial charge in [0.2, 0.25) is 0 Å². The van der Waals surface area contributed by atoms with Crippen LogP contribution in [0.1, 0.15) is 19.4 Å². The summed E-state index contributed by atoms with van der Waals surface area (Å²) in [4.78, 5) is 10.7. The lowest BCUT2D eigenvalue weighted by atomic mass is 10.1. The molecule has 2 aromatic rings. The first kappa shape index (κ1) is 13.5. The number of hydrogen-bond acceptors (Lipinski definition) is 3.